The Morgan fingerprint density at radius 3 is 1.34 bits per heavy atom. The van der Waals surface area contributed by atoms with E-state index in [9.17, 15) is 0 Å². The molecule has 0 atom stereocenters. The van der Waals surface area contributed by atoms with E-state index in [1.165, 1.54) is 61.3 Å². The summed E-state index contributed by atoms with van der Waals surface area (Å²) in [5, 5.41) is 0. The smallest absolute Gasteiger partial charge is 0.0514 e. The molecule has 0 amide bonds. The number of para-hydroxylation sites is 3. The van der Waals surface area contributed by atoms with E-state index in [-0.39, 0.29) is 10.8 Å². The fourth-order valence-corrected chi connectivity index (χ4v) is 9.49. The second kappa shape index (κ2) is 13.0. The number of hydrogen-bond donors (Lipinski definition) is 0. The van der Waals surface area contributed by atoms with Crippen LogP contribution >= 0.6 is 0 Å². The molecule has 0 radical (unpaired) electrons. The summed E-state index contributed by atoms with van der Waals surface area (Å²) in [6.45, 7) is 9.49. The van der Waals surface area contributed by atoms with Crippen LogP contribution in [0.5, 0.6) is 0 Å². The monoisotopic (exact) mass is 720 g/mol. The van der Waals surface area contributed by atoms with Gasteiger partial charge in [-0.05, 0) is 128 Å². The minimum absolute atomic E-state index is 0.0599. The molecule has 0 N–H and O–H groups in total. The topological polar surface area (TPSA) is 6.48 Å². The molecule has 10 rings (SSSR count). The van der Waals surface area contributed by atoms with Crippen molar-refractivity contribution in [3.8, 4) is 33.4 Å². The van der Waals surface area contributed by atoms with Gasteiger partial charge in [-0.3, -0.25) is 0 Å². The first-order chi connectivity index (χ1) is 27.3. The van der Waals surface area contributed by atoms with Crippen LogP contribution in [0, 0.1) is 0 Å². The minimum atomic E-state index is -0.214. The van der Waals surface area contributed by atoms with Crippen molar-refractivity contribution < 1.29 is 0 Å². The molecule has 2 aliphatic rings. The maximum atomic E-state index is 2.51. The molecule has 56 heavy (non-hydrogen) atoms. The van der Waals surface area contributed by atoms with Crippen molar-refractivity contribution in [2.24, 2.45) is 0 Å². The van der Waals surface area contributed by atoms with Gasteiger partial charge in [0, 0.05) is 39.3 Å². The second-order valence-corrected chi connectivity index (χ2v) is 16.2. The largest absolute Gasteiger partial charge is 0.311 e. The molecule has 0 aliphatic heterocycles. The molecule has 8 aromatic rings. The Hall–Kier alpha value is -6.64. The molecular formula is C54H44N2. The summed E-state index contributed by atoms with van der Waals surface area (Å²) in [6, 6.07) is 71.1. The highest BCUT2D eigenvalue weighted by Crippen LogP contribution is 2.57. The van der Waals surface area contributed by atoms with Gasteiger partial charge in [0.1, 0.15) is 0 Å². The summed E-state index contributed by atoms with van der Waals surface area (Å²) in [5.74, 6) is 0. The van der Waals surface area contributed by atoms with E-state index in [1.54, 1.807) is 0 Å². The van der Waals surface area contributed by atoms with Crippen LogP contribution in [0.3, 0.4) is 0 Å². The average molecular weight is 721 g/mol. The quantitative estimate of drug-likeness (QED) is 0.162. The zero-order valence-electron chi connectivity index (χ0n) is 32.4. The lowest BCUT2D eigenvalue weighted by atomic mass is 9.80. The highest BCUT2D eigenvalue weighted by molar-refractivity contribution is 5.95. The average Bonchev–Trinajstić information content (AvgIpc) is 3.62. The molecule has 0 saturated carbocycles. The van der Waals surface area contributed by atoms with Gasteiger partial charge < -0.3 is 9.80 Å². The van der Waals surface area contributed by atoms with Crippen LogP contribution < -0.4 is 9.80 Å². The molecule has 0 fully saturated rings. The van der Waals surface area contributed by atoms with E-state index >= 15 is 0 Å². The number of rotatable bonds is 7. The molecule has 2 aliphatic carbocycles. The highest BCUT2D eigenvalue weighted by atomic mass is 15.2. The lowest BCUT2D eigenvalue weighted by Crippen LogP contribution is -2.21. The number of hydrogen-bond acceptors (Lipinski definition) is 2. The minimum Gasteiger partial charge on any atom is -0.311 e. The van der Waals surface area contributed by atoms with Gasteiger partial charge in [0.15, 0.2) is 0 Å². The van der Waals surface area contributed by atoms with Crippen LogP contribution in [-0.4, -0.2) is 0 Å². The third kappa shape index (κ3) is 5.32. The molecule has 0 heterocycles. The van der Waals surface area contributed by atoms with Crippen molar-refractivity contribution in [3.63, 3.8) is 0 Å². The first-order valence-corrected chi connectivity index (χ1v) is 19.7. The molecule has 0 saturated heterocycles. The maximum Gasteiger partial charge on any atom is 0.0514 e. The Bertz CT molecular complexity index is 2690. The second-order valence-electron chi connectivity index (χ2n) is 16.2. The van der Waals surface area contributed by atoms with E-state index in [0.29, 0.717) is 0 Å². The maximum absolute atomic E-state index is 2.51. The predicted octanol–water partition coefficient (Wildman–Crippen LogP) is 14.9. The van der Waals surface area contributed by atoms with Gasteiger partial charge in [-0.15, -0.1) is 0 Å². The molecular weight excluding hydrogens is 677 g/mol. The van der Waals surface area contributed by atoms with Crippen molar-refractivity contribution in [2.75, 3.05) is 9.80 Å². The van der Waals surface area contributed by atoms with Crippen LogP contribution in [0.1, 0.15) is 49.9 Å². The van der Waals surface area contributed by atoms with E-state index in [4.69, 9.17) is 0 Å². The summed E-state index contributed by atoms with van der Waals surface area (Å²) < 4.78 is 0. The summed E-state index contributed by atoms with van der Waals surface area (Å²) >= 11 is 0. The lowest BCUT2D eigenvalue weighted by molar-refractivity contribution is 0.660. The number of benzene rings is 8. The zero-order valence-corrected chi connectivity index (χ0v) is 32.4. The highest BCUT2D eigenvalue weighted by Gasteiger charge is 2.40. The first kappa shape index (κ1) is 33.9. The van der Waals surface area contributed by atoms with Gasteiger partial charge in [0.2, 0.25) is 0 Å². The van der Waals surface area contributed by atoms with E-state index in [0.717, 1.165) is 28.4 Å². The van der Waals surface area contributed by atoms with Gasteiger partial charge >= 0.3 is 0 Å². The van der Waals surface area contributed by atoms with Crippen LogP contribution in [0.15, 0.2) is 194 Å². The van der Waals surface area contributed by atoms with Gasteiger partial charge in [-0.25, -0.2) is 0 Å². The van der Waals surface area contributed by atoms with E-state index in [2.05, 4.69) is 232 Å². The zero-order chi connectivity index (χ0) is 38.0. The van der Waals surface area contributed by atoms with Crippen LogP contribution in [0.25, 0.3) is 33.4 Å². The van der Waals surface area contributed by atoms with Gasteiger partial charge in [0.25, 0.3) is 0 Å². The Morgan fingerprint density at radius 1 is 0.304 bits per heavy atom. The van der Waals surface area contributed by atoms with Crippen molar-refractivity contribution in [1.82, 2.24) is 0 Å². The molecule has 0 unspecified atom stereocenters. The summed E-state index contributed by atoms with van der Waals surface area (Å²) in [6.07, 6.45) is 0. The van der Waals surface area contributed by atoms with Crippen LogP contribution in [0.4, 0.5) is 34.1 Å². The molecule has 8 aromatic carbocycles. The summed E-state index contributed by atoms with van der Waals surface area (Å²) in [7, 11) is 0. The predicted molar refractivity (Wildman–Crippen MR) is 236 cm³/mol. The van der Waals surface area contributed by atoms with Crippen molar-refractivity contribution in [1.29, 1.82) is 0 Å². The van der Waals surface area contributed by atoms with Gasteiger partial charge in [-0.1, -0.05) is 149 Å². The van der Waals surface area contributed by atoms with Crippen molar-refractivity contribution in [3.05, 3.63) is 216 Å². The standard InChI is InChI=1S/C54H44N2/c1-53(2)48-26-16-14-24-44(48)46-36-43(32-33-50(46)53)56(41-22-12-7-13-23-41)51-35-38(34-47-45-25-15-17-27-49(45)54(3,4)52(47)51)37-28-30-42(31-29-37)55(39-18-8-5-9-19-39)40-20-10-6-11-21-40/h5-36H,1-4H3. The van der Waals surface area contributed by atoms with E-state index < -0.39 is 0 Å². The van der Waals surface area contributed by atoms with Crippen molar-refractivity contribution >= 4 is 34.1 Å². The third-order valence-corrected chi connectivity index (χ3v) is 12.2. The van der Waals surface area contributed by atoms with Crippen molar-refractivity contribution in [2.45, 2.75) is 38.5 Å². The lowest BCUT2D eigenvalue weighted by Gasteiger charge is -2.33. The summed E-state index contributed by atoms with van der Waals surface area (Å²) in [4.78, 5) is 4.83. The Labute approximate surface area is 331 Å². The van der Waals surface area contributed by atoms with Gasteiger partial charge in [0.05, 0.1) is 5.69 Å². The van der Waals surface area contributed by atoms with Gasteiger partial charge in [-0.2, -0.15) is 0 Å². The SMILES string of the molecule is CC1(C)c2ccccc2-c2cc(N(c3ccccc3)c3cc(-c4ccc(N(c5ccccc5)c5ccccc5)cc4)cc4c3C(C)(C)c3ccccc3-4)ccc21. The normalized spacial score (nSPS) is 14.0. The molecule has 0 spiro atoms. The molecule has 0 bridgehead atoms. The van der Waals surface area contributed by atoms with E-state index in [1.807, 2.05) is 0 Å². The molecule has 0 aromatic heterocycles. The first-order valence-electron chi connectivity index (χ1n) is 19.7. The van der Waals surface area contributed by atoms with Crippen LogP contribution in [0.2, 0.25) is 0 Å². The molecule has 270 valence electrons. The fraction of sp³-hybridized carbons (Fsp3) is 0.111. The number of fused-ring (bicyclic) bond motifs is 6. The van der Waals surface area contributed by atoms with Crippen LogP contribution in [-0.2, 0) is 10.8 Å². The third-order valence-electron chi connectivity index (χ3n) is 12.2. The fourth-order valence-electron chi connectivity index (χ4n) is 9.49. The Morgan fingerprint density at radius 2 is 0.750 bits per heavy atom. The Kier molecular flexibility index (Phi) is 7.87. The number of nitrogens with zero attached hydrogens (tertiary/aromatic N) is 2. The molecule has 2 nitrogen and oxygen atoms in total. The Balaban J connectivity index is 1.18. The molecule has 2 heteroatoms. The summed E-state index contributed by atoms with van der Waals surface area (Å²) in [5.41, 5.74) is 19.7. The number of anilines is 6.